The third kappa shape index (κ3) is 3.45. The molecule has 2 aromatic rings. The number of benzene rings is 2. The molecule has 6 nitrogen and oxygen atoms in total. The number of imide groups is 1. The normalized spacial score (nSPS) is 27.4. The largest absolute Gasteiger partial charge is 0.364 e. The van der Waals surface area contributed by atoms with Crippen molar-refractivity contribution < 1.29 is 19.2 Å². The summed E-state index contributed by atoms with van der Waals surface area (Å²) in [6, 6.07) is 16.3. The molecule has 0 aromatic heterocycles. The molecule has 2 fully saturated rings. The smallest absolute Gasteiger partial charge is 0.357 e. The highest BCUT2D eigenvalue weighted by atomic mass is 16.7. The zero-order valence-corrected chi connectivity index (χ0v) is 17.6. The van der Waals surface area contributed by atoms with E-state index in [-0.39, 0.29) is 35.3 Å². The van der Waals surface area contributed by atoms with Gasteiger partial charge in [-0.15, -0.1) is 5.06 Å². The Morgan fingerprint density at radius 3 is 2.06 bits per heavy atom. The highest BCUT2D eigenvalue weighted by molar-refractivity contribution is 6.21. The van der Waals surface area contributed by atoms with Crippen molar-refractivity contribution >= 4 is 17.8 Å². The summed E-state index contributed by atoms with van der Waals surface area (Å²) in [6.07, 6.45) is 5.66. The predicted octanol–water partition coefficient (Wildman–Crippen LogP) is 4.08. The summed E-state index contributed by atoms with van der Waals surface area (Å²) in [4.78, 5) is 44.8. The van der Waals surface area contributed by atoms with E-state index in [2.05, 4.69) is 0 Å². The zero-order chi connectivity index (χ0) is 21.6. The minimum atomic E-state index is -0.335. The molecule has 5 rings (SSSR count). The SMILES string of the molecule is CN(OC(=O)c1ccccc1)C1CCC2(CC1)CC(N1C(=O)c3ccccc3C1=O)C2. The lowest BCUT2D eigenvalue weighted by atomic mass is 9.57. The van der Waals surface area contributed by atoms with E-state index in [9.17, 15) is 14.4 Å². The minimum Gasteiger partial charge on any atom is -0.364 e. The van der Waals surface area contributed by atoms with E-state index in [1.54, 1.807) is 41.5 Å². The van der Waals surface area contributed by atoms with Crippen molar-refractivity contribution in [2.75, 3.05) is 7.05 Å². The second-order valence-electron chi connectivity index (χ2n) is 9.11. The summed E-state index contributed by atoms with van der Waals surface area (Å²) in [5, 5.41) is 1.70. The monoisotopic (exact) mass is 418 g/mol. The number of fused-ring (bicyclic) bond motifs is 1. The molecule has 0 saturated heterocycles. The predicted molar refractivity (Wildman–Crippen MR) is 114 cm³/mol. The molecule has 2 saturated carbocycles. The van der Waals surface area contributed by atoms with E-state index in [1.165, 1.54) is 4.90 Å². The van der Waals surface area contributed by atoms with Gasteiger partial charge in [-0.05, 0) is 68.2 Å². The van der Waals surface area contributed by atoms with Crippen LogP contribution in [-0.2, 0) is 4.84 Å². The van der Waals surface area contributed by atoms with Crippen molar-refractivity contribution in [3.8, 4) is 0 Å². The molecule has 2 aliphatic carbocycles. The van der Waals surface area contributed by atoms with E-state index < -0.39 is 0 Å². The topological polar surface area (TPSA) is 66.9 Å². The maximum atomic E-state index is 12.7. The summed E-state index contributed by atoms with van der Waals surface area (Å²) < 4.78 is 0. The van der Waals surface area contributed by atoms with Gasteiger partial charge in [-0.1, -0.05) is 30.3 Å². The summed E-state index contributed by atoms with van der Waals surface area (Å²) >= 11 is 0. The standard InChI is InChI=1S/C25H26N2O4/c1-26(31-24(30)17-7-3-2-4-8-17)18-11-13-25(14-12-18)15-19(16-25)27-22(28)20-9-5-6-10-21(20)23(27)29/h2-10,18-19H,11-16H2,1H3. The van der Waals surface area contributed by atoms with Gasteiger partial charge in [0, 0.05) is 19.1 Å². The summed E-state index contributed by atoms with van der Waals surface area (Å²) in [5.41, 5.74) is 1.79. The van der Waals surface area contributed by atoms with E-state index >= 15 is 0 Å². The zero-order valence-electron chi connectivity index (χ0n) is 17.6. The van der Waals surface area contributed by atoms with Gasteiger partial charge in [0.15, 0.2) is 0 Å². The molecule has 31 heavy (non-hydrogen) atoms. The van der Waals surface area contributed by atoms with Crippen LogP contribution in [-0.4, -0.2) is 46.9 Å². The Bertz CT molecular complexity index is 984. The number of hydrogen-bond acceptors (Lipinski definition) is 5. The van der Waals surface area contributed by atoms with Crippen LogP contribution in [0.15, 0.2) is 54.6 Å². The molecule has 0 radical (unpaired) electrons. The van der Waals surface area contributed by atoms with Gasteiger partial charge in [-0.2, -0.15) is 0 Å². The highest BCUT2D eigenvalue weighted by Crippen LogP contribution is 2.54. The van der Waals surface area contributed by atoms with Crippen molar-refractivity contribution in [3.63, 3.8) is 0 Å². The molecule has 0 N–H and O–H groups in total. The minimum absolute atomic E-state index is 0.00223. The van der Waals surface area contributed by atoms with Gasteiger partial charge < -0.3 is 4.84 Å². The summed E-state index contributed by atoms with van der Waals surface area (Å²) in [7, 11) is 1.83. The van der Waals surface area contributed by atoms with Crippen molar-refractivity contribution in [2.45, 2.75) is 50.6 Å². The quantitative estimate of drug-likeness (QED) is 0.553. The first-order valence-corrected chi connectivity index (χ1v) is 10.9. The van der Waals surface area contributed by atoms with Gasteiger partial charge in [-0.3, -0.25) is 14.5 Å². The first kappa shape index (κ1) is 19.9. The van der Waals surface area contributed by atoms with Crippen molar-refractivity contribution in [1.29, 1.82) is 0 Å². The maximum Gasteiger partial charge on any atom is 0.357 e. The van der Waals surface area contributed by atoms with Gasteiger partial charge in [0.2, 0.25) is 0 Å². The molecule has 2 amide bonds. The van der Waals surface area contributed by atoms with Crippen LogP contribution in [0.25, 0.3) is 0 Å². The van der Waals surface area contributed by atoms with Crippen LogP contribution >= 0.6 is 0 Å². The average molecular weight is 418 g/mol. The second kappa shape index (κ2) is 7.61. The van der Waals surface area contributed by atoms with E-state index in [0.717, 1.165) is 38.5 Å². The molecule has 0 unspecified atom stereocenters. The van der Waals surface area contributed by atoms with Crippen LogP contribution < -0.4 is 0 Å². The number of carbonyl (C=O) groups is 3. The van der Waals surface area contributed by atoms with Crippen LogP contribution in [0.2, 0.25) is 0 Å². The molecule has 2 aromatic carbocycles. The van der Waals surface area contributed by atoms with E-state index in [1.807, 2.05) is 25.2 Å². The van der Waals surface area contributed by atoms with Crippen LogP contribution in [0.5, 0.6) is 0 Å². The summed E-state index contributed by atoms with van der Waals surface area (Å²) in [6.45, 7) is 0. The molecule has 1 spiro atoms. The fourth-order valence-corrected chi connectivity index (χ4v) is 5.48. The molecule has 160 valence electrons. The molecule has 6 heteroatoms. The van der Waals surface area contributed by atoms with Gasteiger partial charge in [0.05, 0.1) is 16.7 Å². The third-order valence-electron chi connectivity index (χ3n) is 7.29. The molecule has 0 atom stereocenters. The van der Waals surface area contributed by atoms with E-state index in [0.29, 0.717) is 16.7 Å². The Balaban J connectivity index is 1.15. The Morgan fingerprint density at radius 2 is 1.48 bits per heavy atom. The number of hydroxylamine groups is 2. The van der Waals surface area contributed by atoms with Gasteiger partial charge in [0.1, 0.15) is 0 Å². The lowest BCUT2D eigenvalue weighted by Gasteiger charge is -2.54. The molecular formula is C25H26N2O4. The van der Waals surface area contributed by atoms with Gasteiger partial charge in [-0.25, -0.2) is 4.79 Å². The Hall–Kier alpha value is -2.99. The lowest BCUT2D eigenvalue weighted by Crippen LogP contribution is -2.55. The Kier molecular flexibility index (Phi) is 4.89. The fraction of sp³-hybridized carbons (Fsp3) is 0.400. The Labute approximate surface area is 181 Å². The lowest BCUT2D eigenvalue weighted by molar-refractivity contribution is -0.138. The number of hydrogen-bond donors (Lipinski definition) is 0. The highest BCUT2D eigenvalue weighted by Gasteiger charge is 2.53. The van der Waals surface area contributed by atoms with Crippen LogP contribution in [0, 0.1) is 5.41 Å². The van der Waals surface area contributed by atoms with Gasteiger partial charge in [0.25, 0.3) is 11.8 Å². The van der Waals surface area contributed by atoms with Crippen LogP contribution in [0.4, 0.5) is 0 Å². The molecule has 0 bridgehead atoms. The second-order valence-corrected chi connectivity index (χ2v) is 9.11. The first-order chi connectivity index (χ1) is 15.0. The molecular weight excluding hydrogens is 392 g/mol. The average Bonchev–Trinajstić information content (AvgIpc) is 3.03. The maximum absolute atomic E-state index is 12.7. The molecule has 3 aliphatic rings. The fourth-order valence-electron chi connectivity index (χ4n) is 5.48. The first-order valence-electron chi connectivity index (χ1n) is 10.9. The van der Waals surface area contributed by atoms with Crippen LogP contribution in [0.1, 0.15) is 69.6 Å². The molecule has 1 heterocycles. The number of carbonyl (C=O) groups excluding carboxylic acids is 3. The van der Waals surface area contributed by atoms with Crippen molar-refractivity contribution in [3.05, 3.63) is 71.3 Å². The Morgan fingerprint density at radius 1 is 0.935 bits per heavy atom. The molecule has 1 aliphatic heterocycles. The number of nitrogens with zero attached hydrogens (tertiary/aromatic N) is 2. The van der Waals surface area contributed by atoms with Crippen molar-refractivity contribution in [1.82, 2.24) is 9.96 Å². The van der Waals surface area contributed by atoms with Gasteiger partial charge >= 0.3 is 5.97 Å². The summed E-state index contributed by atoms with van der Waals surface area (Å²) in [5.74, 6) is -0.638. The van der Waals surface area contributed by atoms with Crippen molar-refractivity contribution in [2.24, 2.45) is 5.41 Å². The van der Waals surface area contributed by atoms with Crippen LogP contribution in [0.3, 0.4) is 0 Å². The number of rotatable bonds is 4. The van der Waals surface area contributed by atoms with E-state index in [4.69, 9.17) is 4.84 Å². The number of amides is 2. The third-order valence-corrected chi connectivity index (χ3v) is 7.29.